The first-order valence-electron chi connectivity index (χ1n) is 6.39. The molecule has 5 nitrogen and oxygen atoms in total. The van der Waals surface area contributed by atoms with Crippen LogP contribution in [0.15, 0.2) is 0 Å². The topological polar surface area (TPSA) is 81.4 Å². The van der Waals surface area contributed by atoms with E-state index in [-0.39, 0.29) is 0 Å². The van der Waals surface area contributed by atoms with Crippen LogP contribution in [0.2, 0.25) is 0 Å². The molecule has 2 aliphatic rings. The van der Waals surface area contributed by atoms with Gasteiger partial charge in [-0.05, 0) is 25.7 Å². The van der Waals surface area contributed by atoms with Gasteiger partial charge in [-0.15, -0.1) is 0 Å². The van der Waals surface area contributed by atoms with Gasteiger partial charge in [0, 0.05) is 18.7 Å². The average molecular weight is 262 g/mol. The largest absolute Gasteiger partial charge is 0.380 e. The third-order valence-corrected chi connectivity index (χ3v) is 5.83. The van der Waals surface area contributed by atoms with E-state index in [0.29, 0.717) is 26.2 Å². The third kappa shape index (κ3) is 2.99. The second kappa shape index (κ2) is 5.22. The molecule has 3 N–H and O–H groups in total. The van der Waals surface area contributed by atoms with Crippen LogP contribution < -0.4 is 10.5 Å². The van der Waals surface area contributed by atoms with Gasteiger partial charge in [0.1, 0.15) is 0 Å². The first kappa shape index (κ1) is 13.3. The molecule has 0 aromatic heterocycles. The van der Waals surface area contributed by atoms with Gasteiger partial charge >= 0.3 is 0 Å². The van der Waals surface area contributed by atoms with E-state index in [2.05, 4.69) is 4.72 Å². The van der Waals surface area contributed by atoms with Crippen molar-refractivity contribution in [2.45, 2.75) is 49.3 Å². The number of sulfonamides is 1. The van der Waals surface area contributed by atoms with Crippen LogP contribution in [0.4, 0.5) is 0 Å². The molecule has 100 valence electrons. The molecule has 1 aliphatic heterocycles. The van der Waals surface area contributed by atoms with Crippen LogP contribution in [-0.2, 0) is 14.8 Å². The van der Waals surface area contributed by atoms with Crippen LogP contribution in [0.3, 0.4) is 0 Å². The fourth-order valence-electron chi connectivity index (χ4n) is 2.74. The van der Waals surface area contributed by atoms with Gasteiger partial charge in [0.2, 0.25) is 10.0 Å². The highest BCUT2D eigenvalue weighted by Gasteiger charge is 2.39. The molecule has 0 aromatic rings. The van der Waals surface area contributed by atoms with Gasteiger partial charge in [-0.3, -0.25) is 0 Å². The lowest BCUT2D eigenvalue weighted by Crippen LogP contribution is -2.55. The molecule has 1 saturated heterocycles. The highest BCUT2D eigenvalue weighted by Crippen LogP contribution is 2.30. The van der Waals surface area contributed by atoms with Crippen molar-refractivity contribution in [3.63, 3.8) is 0 Å². The Morgan fingerprint density at radius 3 is 2.53 bits per heavy atom. The number of ether oxygens (including phenoxy) is 1. The second-order valence-electron chi connectivity index (χ2n) is 5.18. The quantitative estimate of drug-likeness (QED) is 0.766. The summed E-state index contributed by atoms with van der Waals surface area (Å²) in [4.78, 5) is 0. The number of hydrogen-bond acceptors (Lipinski definition) is 4. The van der Waals surface area contributed by atoms with E-state index in [1.54, 1.807) is 0 Å². The molecule has 17 heavy (non-hydrogen) atoms. The van der Waals surface area contributed by atoms with Gasteiger partial charge in [-0.1, -0.05) is 12.8 Å². The van der Waals surface area contributed by atoms with Crippen LogP contribution in [0.5, 0.6) is 0 Å². The maximum absolute atomic E-state index is 12.3. The zero-order valence-electron chi connectivity index (χ0n) is 10.2. The lowest BCUT2D eigenvalue weighted by atomic mass is 10.0. The molecule has 2 fully saturated rings. The van der Waals surface area contributed by atoms with Crippen LogP contribution in [0.1, 0.15) is 38.5 Å². The maximum atomic E-state index is 12.3. The Bertz CT molecular complexity index is 344. The smallest absolute Gasteiger partial charge is 0.217 e. The molecular weight excluding hydrogens is 240 g/mol. The van der Waals surface area contributed by atoms with Crippen LogP contribution in [-0.4, -0.2) is 39.0 Å². The Morgan fingerprint density at radius 2 is 2.00 bits per heavy atom. The van der Waals surface area contributed by atoms with Gasteiger partial charge in [0.25, 0.3) is 0 Å². The Kier molecular flexibility index (Phi) is 4.07. The summed E-state index contributed by atoms with van der Waals surface area (Å²) in [5.74, 6) is 0. The lowest BCUT2D eigenvalue weighted by Gasteiger charge is -2.32. The van der Waals surface area contributed by atoms with Crippen molar-refractivity contribution in [3.8, 4) is 0 Å². The minimum atomic E-state index is -3.29. The minimum absolute atomic E-state index is 0.315. The number of nitrogens with one attached hydrogen (secondary N) is 1. The highest BCUT2D eigenvalue weighted by molar-refractivity contribution is 7.90. The minimum Gasteiger partial charge on any atom is -0.380 e. The van der Waals surface area contributed by atoms with Crippen LogP contribution in [0.25, 0.3) is 0 Å². The number of rotatable bonds is 4. The highest BCUT2D eigenvalue weighted by atomic mass is 32.2. The Morgan fingerprint density at radius 1 is 1.29 bits per heavy atom. The van der Waals surface area contributed by atoms with Gasteiger partial charge in [-0.25, -0.2) is 13.1 Å². The standard InChI is InChI=1S/C11H22N2O3S/c12-9-11(5-1-2-6-11)13-17(14,15)10-4-3-7-16-8-10/h10,13H,1-9,12H2. The SMILES string of the molecule is NCC1(NS(=O)(=O)C2CCCOC2)CCCC1. The van der Waals surface area contributed by atoms with E-state index in [9.17, 15) is 8.42 Å². The summed E-state index contributed by atoms with van der Waals surface area (Å²) in [7, 11) is -3.29. The van der Waals surface area contributed by atoms with Crippen molar-refractivity contribution in [3.05, 3.63) is 0 Å². The lowest BCUT2D eigenvalue weighted by molar-refractivity contribution is 0.0985. The van der Waals surface area contributed by atoms with E-state index < -0.39 is 20.8 Å². The number of hydrogen-bond donors (Lipinski definition) is 2. The van der Waals surface area contributed by atoms with Crippen molar-refractivity contribution in [1.82, 2.24) is 4.72 Å². The van der Waals surface area contributed by atoms with Gasteiger partial charge in [-0.2, -0.15) is 0 Å². The fourth-order valence-corrected chi connectivity index (χ4v) is 4.55. The molecule has 1 aliphatic carbocycles. The second-order valence-corrected chi connectivity index (χ2v) is 7.14. The summed E-state index contributed by atoms with van der Waals surface area (Å²) in [6.45, 7) is 1.38. The molecule has 6 heteroatoms. The summed E-state index contributed by atoms with van der Waals surface area (Å²) < 4.78 is 32.6. The predicted octanol–water partition coefficient (Wildman–Crippen LogP) is 0.356. The zero-order chi connectivity index (χ0) is 12.4. The summed E-state index contributed by atoms with van der Waals surface area (Å²) in [6.07, 6.45) is 5.34. The van der Waals surface area contributed by atoms with E-state index in [1.807, 2.05) is 0 Å². The summed E-state index contributed by atoms with van der Waals surface area (Å²) >= 11 is 0. The molecule has 0 radical (unpaired) electrons. The van der Waals surface area contributed by atoms with E-state index in [0.717, 1.165) is 32.1 Å². The van der Waals surface area contributed by atoms with E-state index in [1.165, 1.54) is 0 Å². The van der Waals surface area contributed by atoms with Crippen molar-refractivity contribution < 1.29 is 13.2 Å². The summed E-state index contributed by atoms with van der Waals surface area (Å²) in [6, 6.07) is 0. The first-order valence-corrected chi connectivity index (χ1v) is 7.93. The monoisotopic (exact) mass is 262 g/mol. The first-order chi connectivity index (χ1) is 8.08. The number of nitrogens with two attached hydrogens (primary N) is 1. The van der Waals surface area contributed by atoms with Crippen LogP contribution in [0, 0.1) is 0 Å². The molecule has 1 unspecified atom stereocenters. The predicted molar refractivity (Wildman–Crippen MR) is 66.1 cm³/mol. The molecule has 0 amide bonds. The molecule has 0 aromatic carbocycles. The van der Waals surface area contributed by atoms with Crippen molar-refractivity contribution >= 4 is 10.0 Å². The van der Waals surface area contributed by atoms with Gasteiger partial charge < -0.3 is 10.5 Å². The Labute approximate surface area is 103 Å². The Hall–Kier alpha value is -0.170. The molecule has 1 saturated carbocycles. The van der Waals surface area contributed by atoms with Crippen molar-refractivity contribution in [2.24, 2.45) is 5.73 Å². The third-order valence-electron chi connectivity index (χ3n) is 3.87. The molecule has 0 bridgehead atoms. The van der Waals surface area contributed by atoms with Crippen molar-refractivity contribution in [1.29, 1.82) is 0 Å². The molecule has 2 rings (SSSR count). The normalized spacial score (nSPS) is 29.4. The fraction of sp³-hybridized carbons (Fsp3) is 1.00. The molecule has 1 heterocycles. The Balaban J connectivity index is 2.05. The summed E-state index contributed by atoms with van der Waals surface area (Å²) in [5.41, 5.74) is 5.35. The maximum Gasteiger partial charge on any atom is 0.217 e. The summed E-state index contributed by atoms with van der Waals surface area (Å²) in [5, 5.41) is -0.403. The van der Waals surface area contributed by atoms with Gasteiger partial charge in [0.15, 0.2) is 0 Å². The van der Waals surface area contributed by atoms with E-state index >= 15 is 0 Å². The zero-order valence-corrected chi connectivity index (χ0v) is 11.0. The van der Waals surface area contributed by atoms with Crippen molar-refractivity contribution in [2.75, 3.05) is 19.8 Å². The van der Waals surface area contributed by atoms with Gasteiger partial charge in [0.05, 0.1) is 11.9 Å². The van der Waals surface area contributed by atoms with Crippen LogP contribution >= 0.6 is 0 Å². The molecule has 0 spiro atoms. The average Bonchev–Trinajstić information content (AvgIpc) is 2.79. The molecular formula is C11H22N2O3S. The van der Waals surface area contributed by atoms with E-state index in [4.69, 9.17) is 10.5 Å². The molecule has 1 atom stereocenters.